The molecule has 3 aromatic rings. The highest BCUT2D eigenvalue weighted by molar-refractivity contribution is 7.63. The molecule has 0 atom stereocenters. The molecular formula is C29H32NO3P. The Morgan fingerprint density at radius 3 is 2.29 bits per heavy atom. The Bertz CT molecular complexity index is 1240. The summed E-state index contributed by atoms with van der Waals surface area (Å²) in [4.78, 5) is 13.0. The summed E-state index contributed by atoms with van der Waals surface area (Å²) in [7, 11) is -2.14. The molecule has 0 fully saturated rings. The highest BCUT2D eigenvalue weighted by Gasteiger charge is 2.19. The second kappa shape index (κ2) is 10.4. The first kappa shape index (κ1) is 24.0. The van der Waals surface area contributed by atoms with Gasteiger partial charge in [0, 0.05) is 29.4 Å². The fraction of sp³-hybridized carbons (Fsp3) is 0.276. The lowest BCUT2D eigenvalue weighted by Crippen LogP contribution is -2.15. The van der Waals surface area contributed by atoms with Crippen LogP contribution in [0.3, 0.4) is 0 Å². The van der Waals surface area contributed by atoms with Gasteiger partial charge in [-0.1, -0.05) is 61.9 Å². The highest BCUT2D eigenvalue weighted by atomic mass is 31.2. The number of carbonyl (C=O) groups excluding carboxylic acids is 1. The van der Waals surface area contributed by atoms with E-state index in [9.17, 15) is 9.36 Å². The second-order valence-electron chi connectivity index (χ2n) is 8.89. The van der Waals surface area contributed by atoms with E-state index in [0.717, 1.165) is 33.7 Å². The standard InChI is InChI=1S/C29H32NO3P/c1-4-34(32,5-2)20-22-8-13-27(14-9-22)30-29(31)25-16-17-33-28-15-12-24(18-26(28)19-25)23-10-6-21(3)7-11-23/h6-15,18-19H,4-5,16-17,20H2,1-3H3,(H,30,31). The van der Waals surface area contributed by atoms with Crippen LogP contribution in [0.15, 0.2) is 72.3 Å². The van der Waals surface area contributed by atoms with Gasteiger partial charge in [0.2, 0.25) is 0 Å². The Morgan fingerprint density at radius 2 is 1.62 bits per heavy atom. The van der Waals surface area contributed by atoms with Crippen molar-refractivity contribution in [3.05, 3.63) is 89.0 Å². The van der Waals surface area contributed by atoms with Crippen LogP contribution in [0.5, 0.6) is 5.75 Å². The minimum atomic E-state index is -2.14. The van der Waals surface area contributed by atoms with Crippen LogP contribution < -0.4 is 10.1 Å². The van der Waals surface area contributed by atoms with E-state index in [1.54, 1.807) is 0 Å². The Kier molecular flexibility index (Phi) is 7.38. The molecule has 4 rings (SSSR count). The number of anilines is 1. The number of nitrogens with one attached hydrogen (secondary N) is 1. The van der Waals surface area contributed by atoms with Crippen LogP contribution in [0.25, 0.3) is 17.2 Å². The first-order chi connectivity index (χ1) is 16.4. The van der Waals surface area contributed by atoms with E-state index < -0.39 is 7.14 Å². The molecule has 0 spiro atoms. The predicted molar refractivity (Wildman–Crippen MR) is 142 cm³/mol. The van der Waals surface area contributed by atoms with Crippen LogP contribution in [-0.4, -0.2) is 24.8 Å². The molecule has 0 saturated carbocycles. The Balaban J connectivity index is 1.51. The number of fused-ring (bicyclic) bond motifs is 1. The lowest BCUT2D eigenvalue weighted by atomic mass is 10.00. The summed E-state index contributed by atoms with van der Waals surface area (Å²) in [6.45, 7) is 6.51. The van der Waals surface area contributed by atoms with Gasteiger partial charge in [-0.15, -0.1) is 0 Å². The first-order valence-electron chi connectivity index (χ1n) is 11.9. The van der Waals surface area contributed by atoms with Gasteiger partial charge in [-0.2, -0.15) is 0 Å². The fourth-order valence-corrected chi connectivity index (χ4v) is 5.88. The molecule has 1 N–H and O–H groups in total. The molecule has 1 aliphatic rings. The average molecular weight is 474 g/mol. The number of ether oxygens (including phenoxy) is 1. The maximum absolute atomic E-state index is 13.0. The SMILES string of the molecule is CCP(=O)(CC)Cc1ccc(NC(=O)C2=Cc3cc(-c4ccc(C)cc4)ccc3OCC2)cc1. The molecule has 0 unspecified atom stereocenters. The molecule has 3 aromatic carbocycles. The maximum Gasteiger partial charge on any atom is 0.251 e. The lowest BCUT2D eigenvalue weighted by Gasteiger charge is -2.14. The van der Waals surface area contributed by atoms with Gasteiger partial charge in [0.25, 0.3) is 5.91 Å². The number of carbonyl (C=O) groups is 1. The van der Waals surface area contributed by atoms with Gasteiger partial charge in [0.05, 0.1) is 13.7 Å². The van der Waals surface area contributed by atoms with E-state index in [1.807, 2.05) is 50.3 Å². The van der Waals surface area contributed by atoms with Crippen molar-refractivity contribution in [2.24, 2.45) is 0 Å². The highest BCUT2D eigenvalue weighted by Crippen LogP contribution is 2.48. The van der Waals surface area contributed by atoms with Crippen LogP contribution >= 0.6 is 7.14 Å². The van der Waals surface area contributed by atoms with Crippen molar-refractivity contribution < 1.29 is 14.1 Å². The van der Waals surface area contributed by atoms with E-state index in [-0.39, 0.29) is 5.91 Å². The summed E-state index contributed by atoms with van der Waals surface area (Å²) < 4.78 is 18.7. The molecule has 0 radical (unpaired) electrons. The van der Waals surface area contributed by atoms with Crippen molar-refractivity contribution in [1.82, 2.24) is 0 Å². The minimum absolute atomic E-state index is 0.127. The van der Waals surface area contributed by atoms with Crippen LogP contribution in [0.1, 0.15) is 37.0 Å². The summed E-state index contributed by atoms with van der Waals surface area (Å²) >= 11 is 0. The van der Waals surface area contributed by atoms with Crippen molar-refractivity contribution >= 4 is 24.8 Å². The van der Waals surface area contributed by atoms with Crippen molar-refractivity contribution in [1.29, 1.82) is 0 Å². The summed E-state index contributed by atoms with van der Waals surface area (Å²) in [5, 5.41) is 3.01. The normalized spacial score (nSPS) is 13.3. The van der Waals surface area contributed by atoms with Crippen LogP contribution in [0.2, 0.25) is 0 Å². The van der Waals surface area contributed by atoms with Crippen molar-refractivity contribution in [2.75, 3.05) is 24.2 Å². The monoisotopic (exact) mass is 473 g/mol. The minimum Gasteiger partial charge on any atom is -0.493 e. The van der Waals surface area contributed by atoms with Gasteiger partial charge in [-0.05, 0) is 66.3 Å². The molecule has 1 amide bonds. The molecule has 0 bridgehead atoms. The molecule has 5 heteroatoms. The molecule has 0 aromatic heterocycles. The van der Waals surface area contributed by atoms with E-state index in [0.29, 0.717) is 37.1 Å². The molecule has 0 aliphatic carbocycles. The molecule has 176 valence electrons. The largest absolute Gasteiger partial charge is 0.493 e. The maximum atomic E-state index is 13.0. The Labute approximate surface area is 202 Å². The second-order valence-corrected chi connectivity index (χ2v) is 12.6. The zero-order valence-corrected chi connectivity index (χ0v) is 21.0. The third-order valence-electron chi connectivity index (χ3n) is 6.48. The predicted octanol–water partition coefficient (Wildman–Crippen LogP) is 7.37. The van der Waals surface area contributed by atoms with Gasteiger partial charge < -0.3 is 14.6 Å². The topological polar surface area (TPSA) is 55.4 Å². The van der Waals surface area contributed by atoms with E-state index in [2.05, 4.69) is 48.6 Å². The van der Waals surface area contributed by atoms with Gasteiger partial charge in [-0.3, -0.25) is 4.79 Å². The van der Waals surface area contributed by atoms with Crippen LogP contribution in [0.4, 0.5) is 5.69 Å². The number of hydrogen-bond acceptors (Lipinski definition) is 3. The van der Waals surface area contributed by atoms with E-state index in [1.165, 1.54) is 5.56 Å². The Morgan fingerprint density at radius 1 is 0.941 bits per heavy atom. The van der Waals surface area contributed by atoms with Crippen molar-refractivity contribution in [3.63, 3.8) is 0 Å². The summed E-state index contributed by atoms with van der Waals surface area (Å²) in [6, 6.07) is 22.2. The molecule has 1 heterocycles. The van der Waals surface area contributed by atoms with Gasteiger partial charge in [0.15, 0.2) is 0 Å². The first-order valence-corrected chi connectivity index (χ1v) is 14.2. The zero-order valence-electron chi connectivity index (χ0n) is 20.1. The van der Waals surface area contributed by atoms with Crippen LogP contribution in [-0.2, 0) is 15.5 Å². The summed E-state index contributed by atoms with van der Waals surface area (Å²) in [5.41, 5.74) is 6.82. The van der Waals surface area contributed by atoms with E-state index >= 15 is 0 Å². The number of benzene rings is 3. The number of amides is 1. The van der Waals surface area contributed by atoms with Gasteiger partial charge in [-0.25, -0.2) is 0 Å². The number of hydrogen-bond donors (Lipinski definition) is 1. The molecule has 4 nitrogen and oxygen atoms in total. The average Bonchev–Trinajstić information content (AvgIpc) is 3.08. The lowest BCUT2D eigenvalue weighted by molar-refractivity contribution is -0.113. The molecule has 0 saturated heterocycles. The van der Waals surface area contributed by atoms with Crippen LogP contribution in [0, 0.1) is 6.92 Å². The van der Waals surface area contributed by atoms with Crippen molar-refractivity contribution in [3.8, 4) is 16.9 Å². The number of aryl methyl sites for hydroxylation is 1. The van der Waals surface area contributed by atoms with E-state index in [4.69, 9.17) is 4.74 Å². The smallest absolute Gasteiger partial charge is 0.251 e. The fourth-order valence-electron chi connectivity index (χ4n) is 4.11. The third kappa shape index (κ3) is 5.69. The van der Waals surface area contributed by atoms with Crippen molar-refractivity contribution in [2.45, 2.75) is 33.4 Å². The number of rotatable bonds is 7. The zero-order chi connectivity index (χ0) is 24.1. The van der Waals surface area contributed by atoms with Gasteiger partial charge >= 0.3 is 0 Å². The Hall–Kier alpha value is -3.10. The third-order valence-corrected chi connectivity index (χ3v) is 9.73. The summed E-state index contributed by atoms with van der Waals surface area (Å²) in [5.74, 6) is 0.664. The summed E-state index contributed by atoms with van der Waals surface area (Å²) in [6.07, 6.45) is 4.50. The van der Waals surface area contributed by atoms with Gasteiger partial charge in [0.1, 0.15) is 5.75 Å². The quantitative estimate of drug-likeness (QED) is 0.365. The molecule has 34 heavy (non-hydrogen) atoms. The molecule has 1 aliphatic heterocycles. The molecular weight excluding hydrogens is 441 g/mol.